The lowest BCUT2D eigenvalue weighted by Gasteiger charge is -2.27. The maximum absolute atomic E-state index is 5.91. The van der Waals surface area contributed by atoms with Crippen LogP contribution in [0.5, 0.6) is 0 Å². The van der Waals surface area contributed by atoms with Crippen molar-refractivity contribution >= 4 is 24.2 Å². The minimum absolute atomic E-state index is 0. The highest BCUT2D eigenvalue weighted by atomic mass is 35.5. The van der Waals surface area contributed by atoms with Gasteiger partial charge in [0, 0.05) is 37.9 Å². The molecule has 0 aliphatic heterocycles. The van der Waals surface area contributed by atoms with Crippen LogP contribution in [0.4, 0.5) is 11.8 Å². The minimum atomic E-state index is 0. The summed E-state index contributed by atoms with van der Waals surface area (Å²) in [4.78, 5) is 10.9. The first-order valence-corrected chi connectivity index (χ1v) is 6.59. The Balaban J connectivity index is 0.00000180. The van der Waals surface area contributed by atoms with Gasteiger partial charge in [0.2, 0.25) is 5.95 Å². The van der Waals surface area contributed by atoms with E-state index in [1.165, 1.54) is 0 Å². The van der Waals surface area contributed by atoms with E-state index in [0.29, 0.717) is 12.1 Å². The predicted molar refractivity (Wildman–Crippen MR) is 82.2 cm³/mol. The molecule has 0 aromatic carbocycles. The number of aryl methyl sites for hydroxylation is 1. The van der Waals surface area contributed by atoms with E-state index >= 15 is 0 Å². The van der Waals surface area contributed by atoms with Gasteiger partial charge < -0.3 is 16.0 Å². The maximum Gasteiger partial charge on any atom is 0.224 e. The fourth-order valence-electron chi connectivity index (χ4n) is 2.40. The van der Waals surface area contributed by atoms with E-state index in [1.807, 2.05) is 32.1 Å². The molecule has 0 amide bonds. The second-order valence-corrected chi connectivity index (χ2v) is 5.35. The third-order valence-corrected chi connectivity index (χ3v) is 3.47. The zero-order chi connectivity index (χ0) is 13.1. The average Bonchev–Trinajstić information content (AvgIpc) is 2.34. The monoisotopic (exact) mass is 285 g/mol. The van der Waals surface area contributed by atoms with Crippen LogP contribution in [-0.2, 0) is 0 Å². The van der Waals surface area contributed by atoms with Gasteiger partial charge in [0.05, 0.1) is 0 Å². The van der Waals surface area contributed by atoms with Crippen LogP contribution < -0.4 is 16.0 Å². The zero-order valence-electron chi connectivity index (χ0n) is 11.9. The van der Waals surface area contributed by atoms with E-state index in [1.54, 1.807) is 0 Å². The number of rotatable bonds is 3. The number of halogens is 1. The Kier molecular flexibility index (Phi) is 5.82. The van der Waals surface area contributed by atoms with Crippen LogP contribution in [0.3, 0.4) is 0 Å². The zero-order valence-corrected chi connectivity index (χ0v) is 12.7. The Morgan fingerprint density at radius 3 is 2.47 bits per heavy atom. The van der Waals surface area contributed by atoms with Crippen molar-refractivity contribution in [3.63, 3.8) is 0 Å². The van der Waals surface area contributed by atoms with Crippen LogP contribution in [0, 0.1) is 6.92 Å². The molecule has 108 valence electrons. The van der Waals surface area contributed by atoms with Gasteiger partial charge in [0.1, 0.15) is 5.82 Å². The second kappa shape index (κ2) is 6.91. The van der Waals surface area contributed by atoms with Crippen molar-refractivity contribution < 1.29 is 0 Å². The van der Waals surface area contributed by atoms with E-state index in [0.717, 1.165) is 43.0 Å². The van der Waals surface area contributed by atoms with Crippen LogP contribution in [0.2, 0.25) is 0 Å². The summed E-state index contributed by atoms with van der Waals surface area (Å²) in [5.74, 6) is 1.70. The summed E-state index contributed by atoms with van der Waals surface area (Å²) in [6.07, 6.45) is 6.26. The summed E-state index contributed by atoms with van der Waals surface area (Å²) < 4.78 is 0. The third kappa shape index (κ3) is 4.21. The van der Waals surface area contributed by atoms with Crippen LogP contribution in [0.15, 0.2) is 6.20 Å². The fraction of sp³-hybridized carbons (Fsp3) is 0.692. The number of hydrogen-bond donors (Lipinski definition) is 2. The summed E-state index contributed by atoms with van der Waals surface area (Å²) in [7, 11) is 4.00. The molecule has 1 heterocycles. The third-order valence-electron chi connectivity index (χ3n) is 3.47. The smallest absolute Gasteiger partial charge is 0.224 e. The molecule has 2 rings (SSSR count). The van der Waals surface area contributed by atoms with Gasteiger partial charge in [0.25, 0.3) is 0 Å². The lowest BCUT2D eigenvalue weighted by Crippen LogP contribution is -2.33. The molecule has 0 saturated heterocycles. The average molecular weight is 286 g/mol. The molecule has 0 spiro atoms. The molecule has 0 radical (unpaired) electrons. The predicted octanol–water partition coefficient (Wildman–Crippen LogP) is 1.95. The Morgan fingerprint density at radius 1 is 1.26 bits per heavy atom. The fourth-order valence-corrected chi connectivity index (χ4v) is 2.40. The summed E-state index contributed by atoms with van der Waals surface area (Å²) in [5.41, 5.74) is 7.00. The summed E-state index contributed by atoms with van der Waals surface area (Å²) in [6, 6.07) is 0.835. The molecule has 1 aliphatic rings. The van der Waals surface area contributed by atoms with Crippen molar-refractivity contribution in [3.8, 4) is 0 Å². The van der Waals surface area contributed by atoms with Crippen molar-refractivity contribution in [1.82, 2.24) is 9.97 Å². The van der Waals surface area contributed by atoms with Gasteiger partial charge in [0.15, 0.2) is 0 Å². The van der Waals surface area contributed by atoms with Crippen LogP contribution in [0.1, 0.15) is 31.2 Å². The van der Waals surface area contributed by atoms with Gasteiger partial charge in [-0.2, -0.15) is 4.98 Å². The van der Waals surface area contributed by atoms with Crippen molar-refractivity contribution in [3.05, 3.63) is 11.8 Å². The molecule has 3 N–H and O–H groups in total. The standard InChI is InChI=1S/C13H23N5.ClH/c1-9-8-15-13(17-12(9)18(2)3)16-11-6-4-10(14)5-7-11;/h8,10-11H,4-7,14H2,1-3H3,(H,15,16,17);1H/t10-,11+;. The van der Waals surface area contributed by atoms with Gasteiger partial charge >= 0.3 is 0 Å². The van der Waals surface area contributed by atoms with E-state index in [2.05, 4.69) is 15.3 Å². The number of nitrogens with one attached hydrogen (secondary N) is 1. The quantitative estimate of drug-likeness (QED) is 0.889. The highest BCUT2D eigenvalue weighted by molar-refractivity contribution is 5.85. The van der Waals surface area contributed by atoms with Crippen LogP contribution >= 0.6 is 12.4 Å². The highest BCUT2D eigenvalue weighted by Gasteiger charge is 2.19. The normalized spacial score (nSPS) is 22.5. The van der Waals surface area contributed by atoms with E-state index in [4.69, 9.17) is 5.73 Å². The lowest BCUT2D eigenvalue weighted by molar-refractivity contribution is 0.410. The Hall–Kier alpha value is -1.07. The van der Waals surface area contributed by atoms with Gasteiger partial charge in [-0.3, -0.25) is 0 Å². The van der Waals surface area contributed by atoms with Crippen molar-refractivity contribution in [2.45, 2.75) is 44.7 Å². The number of anilines is 2. The van der Waals surface area contributed by atoms with Crippen molar-refractivity contribution in [2.24, 2.45) is 5.73 Å². The molecule has 1 fully saturated rings. The maximum atomic E-state index is 5.91. The van der Waals surface area contributed by atoms with E-state index < -0.39 is 0 Å². The number of nitrogens with two attached hydrogens (primary N) is 1. The molecule has 5 nitrogen and oxygen atoms in total. The molecule has 1 aromatic heterocycles. The van der Waals surface area contributed by atoms with E-state index in [-0.39, 0.29) is 12.4 Å². The molecule has 1 saturated carbocycles. The molecular weight excluding hydrogens is 262 g/mol. The van der Waals surface area contributed by atoms with Crippen LogP contribution in [0.25, 0.3) is 0 Å². The largest absolute Gasteiger partial charge is 0.362 e. The first-order valence-electron chi connectivity index (χ1n) is 6.59. The minimum Gasteiger partial charge on any atom is -0.362 e. The van der Waals surface area contributed by atoms with Gasteiger partial charge in [-0.1, -0.05) is 0 Å². The Bertz CT molecular complexity index is 402. The van der Waals surface area contributed by atoms with Gasteiger partial charge in [-0.15, -0.1) is 12.4 Å². The van der Waals surface area contributed by atoms with E-state index in [9.17, 15) is 0 Å². The molecule has 1 aliphatic carbocycles. The van der Waals surface area contributed by atoms with Crippen LogP contribution in [-0.4, -0.2) is 36.1 Å². The molecular formula is C13H24ClN5. The molecule has 1 aromatic rings. The molecule has 19 heavy (non-hydrogen) atoms. The SMILES string of the molecule is Cc1cnc(N[C@H]2CC[C@@H](N)CC2)nc1N(C)C.Cl. The first-order chi connectivity index (χ1) is 8.56. The molecule has 6 heteroatoms. The number of hydrogen-bond acceptors (Lipinski definition) is 5. The second-order valence-electron chi connectivity index (χ2n) is 5.35. The number of nitrogens with zero attached hydrogens (tertiary/aromatic N) is 3. The highest BCUT2D eigenvalue weighted by Crippen LogP contribution is 2.21. The summed E-state index contributed by atoms with van der Waals surface area (Å²) in [5, 5.41) is 3.42. The summed E-state index contributed by atoms with van der Waals surface area (Å²) in [6.45, 7) is 2.03. The Morgan fingerprint density at radius 2 is 1.89 bits per heavy atom. The van der Waals surface area contributed by atoms with Crippen molar-refractivity contribution in [2.75, 3.05) is 24.3 Å². The topological polar surface area (TPSA) is 67.1 Å². The first kappa shape index (κ1) is 16.0. The van der Waals surface area contributed by atoms with Gasteiger partial charge in [-0.25, -0.2) is 4.98 Å². The summed E-state index contributed by atoms with van der Waals surface area (Å²) >= 11 is 0. The van der Waals surface area contributed by atoms with Gasteiger partial charge in [-0.05, 0) is 32.6 Å². The molecule has 0 atom stereocenters. The number of aromatic nitrogens is 2. The van der Waals surface area contributed by atoms with Crippen molar-refractivity contribution in [1.29, 1.82) is 0 Å². The molecule has 0 bridgehead atoms. The Labute approximate surface area is 121 Å². The molecule has 0 unspecified atom stereocenters. The lowest BCUT2D eigenvalue weighted by atomic mass is 9.92.